The first-order valence-electron chi connectivity index (χ1n) is 9.21. The van der Waals surface area contributed by atoms with Crippen molar-refractivity contribution in [1.82, 2.24) is 0 Å². The zero-order valence-electron chi connectivity index (χ0n) is 15.0. The van der Waals surface area contributed by atoms with E-state index in [-0.39, 0.29) is 5.41 Å². The van der Waals surface area contributed by atoms with Gasteiger partial charge in [-0.25, -0.2) is 0 Å². The highest BCUT2D eigenvalue weighted by atomic mass is 14.5. The van der Waals surface area contributed by atoms with Crippen molar-refractivity contribution in [3.05, 3.63) is 113 Å². The molecule has 1 aliphatic carbocycles. The Balaban J connectivity index is 2.12. The standard InChI is InChI=1S/C25H24/c1-3-12-22-19(2)25(20-13-6-4-7-14-20,21-15-8-5-9-16-21)24-18-11-10-17-23(22)24/h4-11,13-18H,3,12H2,1-2H3. The molecule has 0 N–H and O–H groups in total. The maximum atomic E-state index is 2.34. The van der Waals surface area contributed by atoms with Gasteiger partial charge in [-0.15, -0.1) is 0 Å². The van der Waals surface area contributed by atoms with Crippen LogP contribution in [-0.2, 0) is 5.41 Å². The van der Waals surface area contributed by atoms with Gasteiger partial charge in [0.15, 0.2) is 0 Å². The highest BCUT2D eigenvalue weighted by molar-refractivity contribution is 5.84. The predicted molar refractivity (Wildman–Crippen MR) is 107 cm³/mol. The van der Waals surface area contributed by atoms with Gasteiger partial charge in [0.2, 0.25) is 0 Å². The fourth-order valence-corrected chi connectivity index (χ4v) is 4.56. The molecule has 0 nitrogen and oxygen atoms in total. The third-order valence-electron chi connectivity index (χ3n) is 5.58. The Bertz CT molecular complexity index is 862. The summed E-state index contributed by atoms with van der Waals surface area (Å²) < 4.78 is 0. The van der Waals surface area contributed by atoms with Crippen molar-refractivity contribution >= 4 is 5.57 Å². The van der Waals surface area contributed by atoms with Crippen molar-refractivity contribution in [3.63, 3.8) is 0 Å². The van der Waals surface area contributed by atoms with E-state index < -0.39 is 0 Å². The second kappa shape index (κ2) is 6.37. The maximum absolute atomic E-state index is 2.34. The average molecular weight is 324 g/mol. The van der Waals surface area contributed by atoms with E-state index in [1.54, 1.807) is 0 Å². The van der Waals surface area contributed by atoms with Crippen molar-refractivity contribution in [1.29, 1.82) is 0 Å². The Morgan fingerprint density at radius 1 is 0.680 bits per heavy atom. The van der Waals surface area contributed by atoms with Gasteiger partial charge in [-0.05, 0) is 41.2 Å². The van der Waals surface area contributed by atoms with E-state index in [0.717, 1.165) is 6.42 Å². The summed E-state index contributed by atoms with van der Waals surface area (Å²) in [6.45, 7) is 4.61. The highest BCUT2D eigenvalue weighted by Crippen LogP contribution is 2.54. The smallest absolute Gasteiger partial charge is 0.0651 e. The first kappa shape index (κ1) is 15.9. The van der Waals surface area contributed by atoms with E-state index in [1.165, 1.54) is 39.8 Å². The molecule has 4 rings (SSSR count). The normalized spacial score (nSPS) is 15.3. The number of hydrogen-bond acceptors (Lipinski definition) is 0. The fourth-order valence-electron chi connectivity index (χ4n) is 4.56. The summed E-state index contributed by atoms with van der Waals surface area (Å²) in [5, 5.41) is 0. The van der Waals surface area contributed by atoms with E-state index in [9.17, 15) is 0 Å². The van der Waals surface area contributed by atoms with Gasteiger partial charge in [-0.2, -0.15) is 0 Å². The van der Waals surface area contributed by atoms with Crippen molar-refractivity contribution < 1.29 is 0 Å². The minimum Gasteiger partial charge on any atom is -0.0651 e. The van der Waals surface area contributed by atoms with Crippen LogP contribution in [0.4, 0.5) is 0 Å². The number of benzene rings is 3. The lowest BCUT2D eigenvalue weighted by Crippen LogP contribution is -2.28. The molecule has 1 aliphatic rings. The molecule has 0 spiro atoms. The Kier molecular flexibility index (Phi) is 4.05. The molecule has 25 heavy (non-hydrogen) atoms. The third kappa shape index (κ3) is 2.28. The van der Waals surface area contributed by atoms with Gasteiger partial charge in [-0.1, -0.05) is 104 Å². The summed E-state index contributed by atoms with van der Waals surface area (Å²) in [5.41, 5.74) is 8.39. The van der Waals surface area contributed by atoms with Crippen LogP contribution < -0.4 is 0 Å². The lowest BCUT2D eigenvalue weighted by atomic mass is 9.67. The van der Waals surface area contributed by atoms with E-state index in [4.69, 9.17) is 0 Å². The van der Waals surface area contributed by atoms with Crippen LogP contribution in [-0.4, -0.2) is 0 Å². The molecule has 0 atom stereocenters. The SMILES string of the molecule is CCCC1=C(C)C(c2ccccc2)(c2ccccc2)c2ccccc21. The lowest BCUT2D eigenvalue weighted by molar-refractivity contribution is 0.741. The van der Waals surface area contributed by atoms with E-state index in [0.29, 0.717) is 0 Å². The molecule has 0 saturated heterocycles. The van der Waals surface area contributed by atoms with Crippen LogP contribution in [0.1, 0.15) is 48.9 Å². The predicted octanol–water partition coefficient (Wildman–Crippen LogP) is 6.61. The van der Waals surface area contributed by atoms with E-state index in [1.807, 2.05) is 0 Å². The van der Waals surface area contributed by atoms with Gasteiger partial charge in [0.1, 0.15) is 0 Å². The van der Waals surface area contributed by atoms with Gasteiger partial charge in [0.25, 0.3) is 0 Å². The molecule has 0 saturated carbocycles. The molecule has 3 aromatic carbocycles. The molecule has 0 fully saturated rings. The Morgan fingerprint density at radius 3 is 1.76 bits per heavy atom. The van der Waals surface area contributed by atoms with Crippen LogP contribution in [0.2, 0.25) is 0 Å². The molecule has 0 bridgehead atoms. The largest absolute Gasteiger partial charge is 0.0670 e. The summed E-state index contributed by atoms with van der Waals surface area (Å²) in [4.78, 5) is 0. The van der Waals surface area contributed by atoms with Gasteiger partial charge >= 0.3 is 0 Å². The topological polar surface area (TPSA) is 0 Å². The third-order valence-corrected chi connectivity index (χ3v) is 5.58. The van der Waals surface area contributed by atoms with Crippen molar-refractivity contribution in [2.45, 2.75) is 32.1 Å². The van der Waals surface area contributed by atoms with Crippen LogP contribution in [0, 0.1) is 0 Å². The summed E-state index contributed by atoms with van der Waals surface area (Å²) in [6, 6.07) is 31.0. The van der Waals surface area contributed by atoms with Crippen LogP contribution >= 0.6 is 0 Å². The summed E-state index contributed by atoms with van der Waals surface area (Å²) >= 11 is 0. The Labute approximate surface area is 150 Å². The van der Waals surface area contributed by atoms with Crippen LogP contribution in [0.15, 0.2) is 90.5 Å². The molecule has 0 heteroatoms. The van der Waals surface area contributed by atoms with Crippen molar-refractivity contribution in [3.8, 4) is 0 Å². The number of rotatable bonds is 4. The molecule has 0 amide bonds. The molecule has 3 aromatic rings. The quantitative estimate of drug-likeness (QED) is 0.506. The zero-order chi connectivity index (χ0) is 17.3. The zero-order valence-corrected chi connectivity index (χ0v) is 15.0. The number of allylic oxidation sites excluding steroid dienone is 2. The van der Waals surface area contributed by atoms with Gasteiger partial charge in [0.05, 0.1) is 5.41 Å². The summed E-state index contributed by atoms with van der Waals surface area (Å²) in [7, 11) is 0. The summed E-state index contributed by atoms with van der Waals surface area (Å²) in [5.74, 6) is 0. The average Bonchev–Trinajstić information content (AvgIpc) is 2.93. The molecule has 124 valence electrons. The first-order chi connectivity index (χ1) is 12.3. The molecular weight excluding hydrogens is 300 g/mol. The van der Waals surface area contributed by atoms with Crippen molar-refractivity contribution in [2.24, 2.45) is 0 Å². The highest BCUT2D eigenvalue weighted by Gasteiger charge is 2.45. The molecule has 0 radical (unpaired) electrons. The van der Waals surface area contributed by atoms with Gasteiger partial charge in [-0.3, -0.25) is 0 Å². The van der Waals surface area contributed by atoms with Crippen LogP contribution in [0.25, 0.3) is 5.57 Å². The van der Waals surface area contributed by atoms with Crippen LogP contribution in [0.3, 0.4) is 0 Å². The Morgan fingerprint density at radius 2 is 1.20 bits per heavy atom. The van der Waals surface area contributed by atoms with Crippen LogP contribution in [0.5, 0.6) is 0 Å². The Hall–Kier alpha value is -2.60. The molecule has 0 aromatic heterocycles. The fraction of sp³-hybridized carbons (Fsp3) is 0.200. The molecular formula is C25H24. The molecule has 0 aliphatic heterocycles. The molecule has 0 unspecified atom stereocenters. The first-order valence-corrected chi connectivity index (χ1v) is 9.21. The van der Waals surface area contributed by atoms with Gasteiger partial charge < -0.3 is 0 Å². The summed E-state index contributed by atoms with van der Waals surface area (Å²) in [6.07, 6.45) is 2.30. The van der Waals surface area contributed by atoms with E-state index in [2.05, 4.69) is 98.8 Å². The lowest BCUT2D eigenvalue weighted by Gasteiger charge is -2.34. The second-order valence-corrected chi connectivity index (χ2v) is 6.88. The number of hydrogen-bond donors (Lipinski definition) is 0. The van der Waals surface area contributed by atoms with E-state index >= 15 is 0 Å². The minimum absolute atomic E-state index is 0.177. The number of fused-ring (bicyclic) bond motifs is 1. The minimum atomic E-state index is -0.177. The van der Waals surface area contributed by atoms with Gasteiger partial charge in [0, 0.05) is 0 Å². The molecule has 0 heterocycles. The maximum Gasteiger partial charge on any atom is 0.0670 e. The monoisotopic (exact) mass is 324 g/mol. The van der Waals surface area contributed by atoms with Crippen molar-refractivity contribution in [2.75, 3.05) is 0 Å². The second-order valence-electron chi connectivity index (χ2n) is 6.88.